The Balaban J connectivity index is 1.70. The lowest BCUT2D eigenvalue weighted by Gasteiger charge is -2.49. The van der Waals surface area contributed by atoms with Gasteiger partial charge < -0.3 is 34.6 Å². The molecule has 2 saturated heterocycles. The predicted molar refractivity (Wildman–Crippen MR) is 94.3 cm³/mol. The Morgan fingerprint density at radius 1 is 1.21 bits per heavy atom. The van der Waals surface area contributed by atoms with E-state index >= 15 is 0 Å². The Morgan fingerprint density at radius 3 is 2.45 bits per heavy atom. The third-order valence-corrected chi connectivity index (χ3v) is 7.19. The minimum absolute atomic E-state index is 0.0831. The van der Waals surface area contributed by atoms with Crippen LogP contribution >= 0.6 is 0 Å². The minimum atomic E-state index is -2.48. The Hall–Kier alpha value is -1.88. The lowest BCUT2D eigenvalue weighted by Crippen LogP contribution is -2.74. The molecule has 0 spiro atoms. The Bertz CT molecular complexity index is 946. The van der Waals surface area contributed by atoms with Gasteiger partial charge in [0.25, 0.3) is 0 Å². The average molecular weight is 406 g/mol. The van der Waals surface area contributed by atoms with Crippen LogP contribution in [0.4, 0.5) is 0 Å². The maximum absolute atomic E-state index is 13.3. The molecule has 9 heteroatoms. The van der Waals surface area contributed by atoms with Gasteiger partial charge in [-0.2, -0.15) is 0 Å². The molecule has 9 nitrogen and oxygen atoms in total. The van der Waals surface area contributed by atoms with Crippen LogP contribution in [0.1, 0.15) is 35.9 Å². The first-order chi connectivity index (χ1) is 13.6. The quantitative estimate of drug-likeness (QED) is 0.458. The molecule has 4 N–H and O–H groups in total. The smallest absolute Gasteiger partial charge is 0.201 e. The molecule has 4 aliphatic rings. The number of epoxide rings is 2. The summed E-state index contributed by atoms with van der Waals surface area (Å²) in [6, 6.07) is 4.57. The van der Waals surface area contributed by atoms with Crippen LogP contribution in [0, 0.1) is 5.92 Å². The monoisotopic (exact) mass is 406 g/mol. The summed E-state index contributed by atoms with van der Waals surface area (Å²) < 4.78 is 16.1. The Labute approximate surface area is 165 Å². The van der Waals surface area contributed by atoms with E-state index in [2.05, 4.69) is 0 Å². The largest absolute Gasteiger partial charge is 0.496 e. The van der Waals surface area contributed by atoms with Gasteiger partial charge in [0, 0.05) is 17.0 Å². The van der Waals surface area contributed by atoms with Crippen molar-refractivity contribution in [1.29, 1.82) is 0 Å². The number of hydrogen-bond donors (Lipinski definition) is 4. The molecule has 0 bridgehead atoms. The molecule has 1 saturated carbocycles. The molecule has 2 heterocycles. The fourth-order valence-corrected chi connectivity index (χ4v) is 5.39. The molecular formula is C20H22O9. The molecular weight excluding hydrogens is 384 g/mol. The second-order valence-electron chi connectivity index (χ2n) is 8.37. The van der Waals surface area contributed by atoms with Crippen LogP contribution in [0.3, 0.4) is 0 Å². The van der Waals surface area contributed by atoms with Gasteiger partial charge in [0.2, 0.25) is 5.78 Å². The highest BCUT2D eigenvalue weighted by Crippen LogP contribution is 2.70. The van der Waals surface area contributed by atoms with Crippen molar-refractivity contribution in [2.45, 2.75) is 61.2 Å². The highest BCUT2D eigenvalue weighted by molar-refractivity contribution is 6.10. The van der Waals surface area contributed by atoms with Crippen molar-refractivity contribution in [3.63, 3.8) is 0 Å². The van der Waals surface area contributed by atoms with Gasteiger partial charge in [-0.1, -0.05) is 19.1 Å². The van der Waals surface area contributed by atoms with Crippen LogP contribution in [0.2, 0.25) is 0 Å². The van der Waals surface area contributed by atoms with Crippen LogP contribution in [0.25, 0.3) is 0 Å². The zero-order chi connectivity index (χ0) is 21.1. The van der Waals surface area contributed by atoms with E-state index in [0.29, 0.717) is 0 Å². The summed E-state index contributed by atoms with van der Waals surface area (Å²) in [5.74, 6) is -2.51. The lowest BCUT2D eigenvalue weighted by atomic mass is 9.55. The minimum Gasteiger partial charge on any atom is -0.496 e. The van der Waals surface area contributed by atoms with E-state index in [1.807, 2.05) is 0 Å². The molecule has 2 aliphatic heterocycles. The number of rotatable bonds is 3. The summed E-state index contributed by atoms with van der Waals surface area (Å²) in [5, 5.41) is 44.7. The van der Waals surface area contributed by atoms with Crippen molar-refractivity contribution in [3.05, 3.63) is 29.3 Å². The normalized spacial score (nSPS) is 49.6. The lowest BCUT2D eigenvalue weighted by molar-refractivity contribution is -0.198. The van der Waals surface area contributed by atoms with Crippen molar-refractivity contribution in [1.82, 2.24) is 0 Å². The summed E-state index contributed by atoms with van der Waals surface area (Å²) >= 11 is 0. The number of fused-ring (bicyclic) bond motifs is 1. The maximum atomic E-state index is 13.3. The molecule has 29 heavy (non-hydrogen) atoms. The molecule has 1 aromatic carbocycles. The molecule has 0 amide bonds. The number of aliphatic hydroxyl groups is 4. The van der Waals surface area contributed by atoms with E-state index in [1.165, 1.54) is 26.2 Å². The fourth-order valence-electron chi connectivity index (χ4n) is 5.39. The van der Waals surface area contributed by atoms with Gasteiger partial charge >= 0.3 is 0 Å². The summed E-state index contributed by atoms with van der Waals surface area (Å²) in [5.41, 5.74) is -6.35. The van der Waals surface area contributed by atoms with Crippen molar-refractivity contribution in [3.8, 4) is 5.75 Å². The number of hydrogen-bond acceptors (Lipinski definition) is 9. The highest BCUT2D eigenvalue weighted by atomic mass is 16.7. The Morgan fingerprint density at radius 2 is 1.86 bits per heavy atom. The van der Waals surface area contributed by atoms with Gasteiger partial charge in [0.05, 0.1) is 19.3 Å². The molecule has 156 valence electrons. The first-order valence-corrected chi connectivity index (χ1v) is 9.48. The third kappa shape index (κ3) is 1.83. The van der Waals surface area contributed by atoms with Crippen LogP contribution in [0.5, 0.6) is 5.75 Å². The second kappa shape index (κ2) is 5.42. The van der Waals surface area contributed by atoms with Crippen LogP contribution in [0.15, 0.2) is 18.2 Å². The summed E-state index contributed by atoms with van der Waals surface area (Å²) in [7, 11) is 1.36. The van der Waals surface area contributed by atoms with Crippen molar-refractivity contribution >= 4 is 11.6 Å². The zero-order valence-corrected chi connectivity index (χ0v) is 16.0. The number of carbonyl (C=O) groups is 2. The van der Waals surface area contributed by atoms with Crippen LogP contribution < -0.4 is 4.74 Å². The fraction of sp³-hybridized carbons (Fsp3) is 0.600. The van der Waals surface area contributed by atoms with Crippen LogP contribution in [-0.4, -0.2) is 80.3 Å². The number of aliphatic hydroxyl groups excluding tert-OH is 3. The van der Waals surface area contributed by atoms with Gasteiger partial charge in [-0.3, -0.25) is 9.59 Å². The highest BCUT2D eigenvalue weighted by Gasteiger charge is 2.92. The van der Waals surface area contributed by atoms with Crippen LogP contribution in [-0.2, 0) is 14.3 Å². The molecule has 3 fully saturated rings. The summed E-state index contributed by atoms with van der Waals surface area (Å²) in [6.07, 6.45) is -6.62. The first kappa shape index (κ1) is 19.1. The van der Waals surface area contributed by atoms with Crippen molar-refractivity contribution < 1.29 is 44.2 Å². The van der Waals surface area contributed by atoms with Crippen molar-refractivity contribution in [2.75, 3.05) is 7.11 Å². The predicted octanol–water partition coefficient (Wildman–Crippen LogP) is -1.11. The van der Waals surface area contributed by atoms with Gasteiger partial charge in [-0.05, 0) is 13.0 Å². The van der Waals surface area contributed by atoms with E-state index in [0.717, 1.165) is 0 Å². The number of carbonyl (C=O) groups excluding carboxylic acids is 2. The maximum Gasteiger partial charge on any atom is 0.201 e. The SMILES string of the molecule is COc1cccc2c1[C@H](O)[C@]13O[C@@]1(C2=O)[C@H](O)[C@H](C)[C@@](O)(C(=O)[C@@H]1O[C@H]1C)[C@@H]3O. The molecule has 0 aromatic heterocycles. The summed E-state index contributed by atoms with van der Waals surface area (Å²) in [4.78, 5) is 26.3. The molecule has 2 aliphatic carbocycles. The van der Waals surface area contributed by atoms with E-state index in [1.54, 1.807) is 13.0 Å². The van der Waals surface area contributed by atoms with Gasteiger partial charge in [0.15, 0.2) is 22.6 Å². The van der Waals surface area contributed by atoms with Gasteiger partial charge in [0.1, 0.15) is 24.1 Å². The first-order valence-electron chi connectivity index (χ1n) is 9.48. The van der Waals surface area contributed by atoms with Crippen molar-refractivity contribution in [2.24, 2.45) is 5.92 Å². The second-order valence-corrected chi connectivity index (χ2v) is 8.37. The van der Waals surface area contributed by atoms with Gasteiger partial charge in [-0.15, -0.1) is 0 Å². The van der Waals surface area contributed by atoms with E-state index in [-0.39, 0.29) is 16.9 Å². The standard InChI is InChI=1S/C20H22O9/c1-7-13(21)19-14(22)9-5-4-6-10(27-3)11(9)15(23)20(19,29-19)17(25)18(7,26)16(24)12-8(2)28-12/h4-8,12-13,15,17,21,23,25-26H,1-3H3/t7-,8-,12+,13+,15-,17-,18+,19+,20+/m0/s1. The summed E-state index contributed by atoms with van der Waals surface area (Å²) in [6.45, 7) is 3.00. The van der Waals surface area contributed by atoms with Gasteiger partial charge in [-0.25, -0.2) is 0 Å². The van der Waals surface area contributed by atoms with E-state index < -0.39 is 64.8 Å². The number of ketones is 2. The zero-order valence-electron chi connectivity index (χ0n) is 16.0. The molecule has 0 unspecified atom stereocenters. The molecule has 1 aromatic rings. The topological polar surface area (TPSA) is 149 Å². The molecule has 9 atom stereocenters. The number of Topliss-reactive ketones (excluding diaryl/α,β-unsaturated/α-hetero) is 2. The average Bonchev–Trinajstić information content (AvgIpc) is 3.62. The van der Waals surface area contributed by atoms with E-state index in [9.17, 15) is 30.0 Å². The Kier molecular flexibility index (Phi) is 3.57. The van der Waals surface area contributed by atoms with E-state index in [4.69, 9.17) is 14.2 Å². The number of methoxy groups -OCH3 is 1. The third-order valence-electron chi connectivity index (χ3n) is 7.19. The molecule has 0 radical (unpaired) electrons. The number of ether oxygens (including phenoxy) is 3. The molecule has 5 rings (SSSR count). The number of benzene rings is 1.